The van der Waals surface area contributed by atoms with Crippen LogP contribution in [0.2, 0.25) is 0 Å². The summed E-state index contributed by atoms with van der Waals surface area (Å²) in [6.07, 6.45) is 11.6. The van der Waals surface area contributed by atoms with Crippen molar-refractivity contribution in [1.82, 2.24) is 0 Å². The molecule has 0 radical (unpaired) electrons. The van der Waals surface area contributed by atoms with E-state index in [9.17, 15) is 15.0 Å². The van der Waals surface area contributed by atoms with Crippen LogP contribution in [0.3, 0.4) is 0 Å². The second-order valence-electron chi connectivity index (χ2n) is 12.9. The monoisotopic (exact) mass is 418 g/mol. The molecule has 2 N–H and O–H groups in total. The van der Waals surface area contributed by atoms with Crippen molar-refractivity contribution in [2.24, 2.45) is 46.3 Å². The van der Waals surface area contributed by atoms with Crippen LogP contribution in [0.25, 0.3) is 0 Å². The molecule has 3 nitrogen and oxygen atoms in total. The van der Waals surface area contributed by atoms with Crippen molar-refractivity contribution in [1.29, 1.82) is 0 Å². The molecule has 172 valence electrons. The number of ketones is 1. The number of aliphatic hydroxyl groups excluding tert-OH is 1. The standard InChI is InChI=1S/C27H46O3/c1-17(7-6-12-25(2,3)30)20-8-9-21-19-16-24(29)23-15-18(28)10-13-27(23,5)22(19)11-14-26(20,21)4/h17-23,28,30H,6-16H2,1-5H3/t17?,18-,19-,20+,21-,22-,23+,26+,27+/m0/s1. The molecule has 0 spiro atoms. The number of hydrogen-bond donors (Lipinski definition) is 2. The molecule has 3 heteroatoms. The largest absolute Gasteiger partial charge is 0.393 e. The lowest BCUT2D eigenvalue weighted by Crippen LogP contribution is -2.57. The highest BCUT2D eigenvalue weighted by molar-refractivity contribution is 5.83. The minimum atomic E-state index is -0.554. The van der Waals surface area contributed by atoms with Crippen molar-refractivity contribution in [2.75, 3.05) is 0 Å². The molecule has 0 aromatic rings. The van der Waals surface area contributed by atoms with Gasteiger partial charge in [-0.15, -0.1) is 0 Å². The summed E-state index contributed by atoms with van der Waals surface area (Å²) in [5, 5.41) is 20.3. The molecule has 0 aromatic carbocycles. The van der Waals surface area contributed by atoms with Crippen molar-refractivity contribution in [3.63, 3.8) is 0 Å². The summed E-state index contributed by atoms with van der Waals surface area (Å²) in [7, 11) is 0. The number of hydrogen-bond acceptors (Lipinski definition) is 3. The van der Waals surface area contributed by atoms with Gasteiger partial charge in [0.1, 0.15) is 5.78 Å². The number of rotatable bonds is 5. The number of carbonyl (C=O) groups is 1. The Bertz CT molecular complexity index is 651. The van der Waals surface area contributed by atoms with E-state index < -0.39 is 5.60 Å². The third-order valence-electron chi connectivity index (χ3n) is 10.6. The Hall–Kier alpha value is -0.410. The molecule has 0 saturated heterocycles. The van der Waals surface area contributed by atoms with E-state index in [4.69, 9.17) is 0 Å². The fourth-order valence-electron chi connectivity index (χ4n) is 9.05. The SMILES string of the molecule is CC(CCCC(C)(C)O)[C@H]1CC[C@H]2[C@@H]3CC(=O)[C@H]4C[C@@H](O)CC[C@]4(C)[C@H]3CC[C@]12C. The van der Waals surface area contributed by atoms with Gasteiger partial charge >= 0.3 is 0 Å². The minimum absolute atomic E-state index is 0.102. The molecule has 9 atom stereocenters. The van der Waals surface area contributed by atoms with Crippen LogP contribution >= 0.6 is 0 Å². The van der Waals surface area contributed by atoms with Crippen LogP contribution in [0, 0.1) is 46.3 Å². The molecular weight excluding hydrogens is 372 g/mol. The molecule has 0 bridgehead atoms. The lowest BCUT2D eigenvalue weighted by Gasteiger charge is -2.60. The fourth-order valence-corrected chi connectivity index (χ4v) is 9.05. The summed E-state index contributed by atoms with van der Waals surface area (Å²) in [5.74, 6) is 3.97. The molecule has 4 rings (SSSR count). The topological polar surface area (TPSA) is 57.5 Å². The molecule has 4 aliphatic rings. The molecule has 1 unspecified atom stereocenters. The maximum atomic E-state index is 13.2. The quantitative estimate of drug-likeness (QED) is 0.596. The van der Waals surface area contributed by atoms with Crippen LogP contribution < -0.4 is 0 Å². The maximum Gasteiger partial charge on any atom is 0.136 e. The Morgan fingerprint density at radius 2 is 1.73 bits per heavy atom. The Morgan fingerprint density at radius 3 is 2.43 bits per heavy atom. The highest BCUT2D eigenvalue weighted by Crippen LogP contribution is 2.67. The van der Waals surface area contributed by atoms with Crippen LogP contribution in [0.15, 0.2) is 0 Å². The van der Waals surface area contributed by atoms with Gasteiger partial charge in [0.2, 0.25) is 0 Å². The van der Waals surface area contributed by atoms with Crippen LogP contribution in [0.1, 0.15) is 105 Å². The number of Topliss-reactive ketones (excluding diaryl/α,β-unsaturated/α-hetero) is 1. The maximum absolute atomic E-state index is 13.2. The van der Waals surface area contributed by atoms with E-state index in [0.717, 1.165) is 38.0 Å². The molecule has 0 aliphatic heterocycles. The number of carbonyl (C=O) groups excluding carboxylic acids is 1. The van der Waals surface area contributed by atoms with Crippen molar-refractivity contribution in [3.8, 4) is 0 Å². The average molecular weight is 419 g/mol. The first-order valence-electron chi connectivity index (χ1n) is 12.9. The zero-order valence-electron chi connectivity index (χ0n) is 20.1. The van der Waals surface area contributed by atoms with E-state index >= 15 is 0 Å². The minimum Gasteiger partial charge on any atom is -0.393 e. The van der Waals surface area contributed by atoms with E-state index in [2.05, 4.69) is 20.8 Å². The smallest absolute Gasteiger partial charge is 0.136 e. The zero-order valence-corrected chi connectivity index (χ0v) is 20.1. The molecular formula is C27H46O3. The van der Waals surface area contributed by atoms with Gasteiger partial charge in [-0.25, -0.2) is 0 Å². The molecule has 0 heterocycles. The Morgan fingerprint density at radius 1 is 1.07 bits per heavy atom. The molecule has 4 fully saturated rings. The van der Waals surface area contributed by atoms with E-state index in [0.29, 0.717) is 41.3 Å². The first-order chi connectivity index (χ1) is 14.0. The highest BCUT2D eigenvalue weighted by atomic mass is 16.3. The Labute approximate surface area is 184 Å². The summed E-state index contributed by atoms with van der Waals surface area (Å²) in [5.41, 5.74) is -0.0497. The predicted molar refractivity (Wildman–Crippen MR) is 121 cm³/mol. The summed E-state index contributed by atoms with van der Waals surface area (Å²) in [6.45, 7) is 11.2. The number of fused-ring (bicyclic) bond motifs is 5. The van der Waals surface area contributed by atoms with Gasteiger partial charge in [-0.3, -0.25) is 4.79 Å². The highest BCUT2D eigenvalue weighted by Gasteiger charge is 2.62. The van der Waals surface area contributed by atoms with Crippen molar-refractivity contribution >= 4 is 5.78 Å². The first-order valence-corrected chi connectivity index (χ1v) is 12.9. The summed E-state index contributed by atoms with van der Waals surface area (Å²) < 4.78 is 0. The lowest BCUT2D eigenvalue weighted by atomic mass is 9.44. The Kier molecular flexibility index (Phi) is 5.97. The average Bonchev–Trinajstić information content (AvgIpc) is 3.00. The fraction of sp³-hybridized carbons (Fsp3) is 0.963. The van der Waals surface area contributed by atoms with Crippen LogP contribution in [-0.2, 0) is 4.79 Å². The van der Waals surface area contributed by atoms with E-state index in [1.54, 1.807) is 0 Å². The van der Waals surface area contributed by atoms with Gasteiger partial charge in [0.25, 0.3) is 0 Å². The molecule has 0 aromatic heterocycles. The van der Waals surface area contributed by atoms with Gasteiger partial charge in [-0.2, -0.15) is 0 Å². The zero-order chi connectivity index (χ0) is 21.9. The third kappa shape index (κ3) is 3.81. The van der Waals surface area contributed by atoms with Crippen molar-refractivity contribution < 1.29 is 15.0 Å². The van der Waals surface area contributed by atoms with Crippen LogP contribution in [0.4, 0.5) is 0 Å². The normalized spacial score (nSPS) is 47.4. The van der Waals surface area contributed by atoms with Crippen LogP contribution in [0.5, 0.6) is 0 Å². The first kappa shape index (κ1) is 22.8. The molecule has 4 aliphatic carbocycles. The predicted octanol–water partition coefficient (Wildman–Crippen LogP) is 5.76. The van der Waals surface area contributed by atoms with E-state index in [1.807, 2.05) is 13.8 Å². The van der Waals surface area contributed by atoms with Gasteiger partial charge in [0.15, 0.2) is 0 Å². The molecule has 0 amide bonds. The lowest BCUT2D eigenvalue weighted by molar-refractivity contribution is -0.160. The van der Waals surface area contributed by atoms with Crippen molar-refractivity contribution in [2.45, 2.75) is 117 Å². The molecule has 30 heavy (non-hydrogen) atoms. The van der Waals surface area contributed by atoms with Crippen molar-refractivity contribution in [3.05, 3.63) is 0 Å². The summed E-state index contributed by atoms with van der Waals surface area (Å²) in [4.78, 5) is 13.2. The summed E-state index contributed by atoms with van der Waals surface area (Å²) >= 11 is 0. The van der Waals surface area contributed by atoms with Crippen LogP contribution in [-0.4, -0.2) is 27.7 Å². The van der Waals surface area contributed by atoms with Gasteiger partial charge in [0, 0.05) is 12.3 Å². The number of aliphatic hydroxyl groups is 2. The second-order valence-corrected chi connectivity index (χ2v) is 12.9. The van der Waals surface area contributed by atoms with Gasteiger partial charge in [-0.05, 0) is 106 Å². The summed E-state index contributed by atoms with van der Waals surface area (Å²) in [6, 6.07) is 0. The van der Waals surface area contributed by atoms with E-state index in [-0.39, 0.29) is 17.4 Å². The van der Waals surface area contributed by atoms with Gasteiger partial charge in [0.05, 0.1) is 11.7 Å². The Balaban J connectivity index is 1.49. The molecule has 4 saturated carbocycles. The van der Waals surface area contributed by atoms with Gasteiger partial charge in [-0.1, -0.05) is 33.6 Å². The second kappa shape index (κ2) is 7.87. The van der Waals surface area contributed by atoms with E-state index in [1.165, 1.54) is 32.1 Å². The third-order valence-corrected chi connectivity index (χ3v) is 10.6. The van der Waals surface area contributed by atoms with Gasteiger partial charge < -0.3 is 10.2 Å².